The van der Waals surface area contributed by atoms with Crippen LogP contribution < -0.4 is 0 Å². The summed E-state index contributed by atoms with van der Waals surface area (Å²) in [5.41, 5.74) is 1.00. The zero-order valence-corrected chi connectivity index (χ0v) is 9.95. The van der Waals surface area contributed by atoms with E-state index in [0.29, 0.717) is 17.5 Å². The number of hydrogen-bond acceptors (Lipinski definition) is 4. The van der Waals surface area contributed by atoms with Gasteiger partial charge in [0.1, 0.15) is 0 Å². The predicted octanol–water partition coefficient (Wildman–Crippen LogP) is 1.20. The van der Waals surface area contributed by atoms with Crippen LogP contribution in [0.4, 0.5) is 0 Å². The first-order chi connectivity index (χ1) is 7.49. The Balaban J connectivity index is 3.34. The predicted molar refractivity (Wildman–Crippen MR) is 62.4 cm³/mol. The highest BCUT2D eigenvalue weighted by Crippen LogP contribution is 2.17. The highest BCUT2D eigenvalue weighted by Gasteiger charge is 2.13. The highest BCUT2D eigenvalue weighted by molar-refractivity contribution is 7.90. The molecule has 1 aromatic carbocycles. The summed E-state index contributed by atoms with van der Waals surface area (Å²) in [6, 6.07) is 6.58. The molecule has 0 heterocycles. The van der Waals surface area contributed by atoms with Gasteiger partial charge in [-0.25, -0.2) is 8.42 Å². The van der Waals surface area contributed by atoms with Crippen LogP contribution in [0, 0.1) is 11.3 Å². The first-order valence-electron chi connectivity index (χ1n) is 4.62. The van der Waals surface area contributed by atoms with Crippen molar-refractivity contribution in [3.05, 3.63) is 29.3 Å². The van der Waals surface area contributed by atoms with Gasteiger partial charge in [-0.15, -0.1) is 0 Å². The zero-order chi connectivity index (χ0) is 12.2. The summed E-state index contributed by atoms with van der Waals surface area (Å²) in [7, 11) is -1.68. The Morgan fingerprint density at radius 2 is 2.19 bits per heavy atom. The molecule has 0 atom stereocenters. The lowest BCUT2D eigenvalue weighted by atomic mass is 10.1. The van der Waals surface area contributed by atoms with Crippen LogP contribution in [0.3, 0.4) is 0 Å². The number of rotatable bonds is 3. The maximum atomic E-state index is 11.5. The normalized spacial score (nSPS) is 11.6. The summed E-state index contributed by atoms with van der Waals surface area (Å²) in [6.45, 7) is 0. The molecule has 0 radical (unpaired) electrons. The lowest BCUT2D eigenvalue weighted by molar-refractivity contribution is 0.601. The number of sulfone groups is 1. The van der Waals surface area contributed by atoms with E-state index in [1.54, 1.807) is 25.4 Å². The van der Waals surface area contributed by atoms with Gasteiger partial charge in [0.25, 0.3) is 0 Å². The molecule has 16 heavy (non-hydrogen) atoms. The van der Waals surface area contributed by atoms with E-state index in [1.807, 2.05) is 6.07 Å². The van der Waals surface area contributed by atoms with E-state index in [9.17, 15) is 8.42 Å². The van der Waals surface area contributed by atoms with E-state index in [1.165, 1.54) is 6.07 Å². The van der Waals surface area contributed by atoms with E-state index in [4.69, 9.17) is 5.26 Å². The fraction of sp³-hybridized carbons (Fsp3) is 0.273. The number of nitrogens with zero attached hydrogens (tertiary/aromatic N) is 2. The molecule has 0 spiro atoms. The molecule has 0 saturated heterocycles. The second-order valence-corrected chi connectivity index (χ2v) is 5.34. The largest absolute Gasteiger partial charge is 0.301 e. The average molecular weight is 236 g/mol. The van der Waals surface area contributed by atoms with Gasteiger partial charge in [-0.1, -0.05) is 6.07 Å². The van der Waals surface area contributed by atoms with Crippen LogP contribution in [0.25, 0.3) is 0 Å². The quantitative estimate of drug-likeness (QED) is 0.740. The van der Waals surface area contributed by atoms with E-state index in [0.717, 1.165) is 6.26 Å². The molecule has 1 aromatic rings. The molecule has 84 valence electrons. The Morgan fingerprint density at radius 1 is 1.50 bits per heavy atom. The van der Waals surface area contributed by atoms with Gasteiger partial charge in [-0.3, -0.25) is 0 Å². The third-order valence-corrected chi connectivity index (χ3v) is 3.27. The molecule has 0 aliphatic carbocycles. The molecule has 1 rings (SSSR count). The van der Waals surface area contributed by atoms with Gasteiger partial charge in [0.15, 0.2) is 9.84 Å². The summed E-state index contributed by atoms with van der Waals surface area (Å²) in [5.74, 6) is 0. The second kappa shape index (κ2) is 4.90. The van der Waals surface area contributed by atoms with Gasteiger partial charge < -0.3 is 4.99 Å². The molecule has 0 saturated carbocycles. The lowest BCUT2D eigenvalue weighted by Crippen LogP contribution is -2.03. The fourth-order valence-electron chi connectivity index (χ4n) is 1.33. The van der Waals surface area contributed by atoms with Crippen LogP contribution in [0.2, 0.25) is 0 Å². The summed E-state index contributed by atoms with van der Waals surface area (Å²) in [4.78, 5) is 4.01. The van der Waals surface area contributed by atoms with Crippen molar-refractivity contribution in [2.75, 3.05) is 13.3 Å². The maximum Gasteiger partial charge on any atom is 0.175 e. The van der Waals surface area contributed by atoms with Crippen molar-refractivity contribution in [1.82, 2.24) is 0 Å². The fourth-order valence-corrected chi connectivity index (χ4v) is 2.30. The van der Waals surface area contributed by atoms with Gasteiger partial charge >= 0.3 is 0 Å². The Labute approximate surface area is 95.2 Å². The van der Waals surface area contributed by atoms with Crippen LogP contribution in [-0.4, -0.2) is 27.9 Å². The summed E-state index contributed by atoms with van der Waals surface area (Å²) in [6.07, 6.45) is 3.22. The minimum Gasteiger partial charge on any atom is -0.301 e. The van der Waals surface area contributed by atoms with Crippen LogP contribution in [0.5, 0.6) is 0 Å². The number of benzene rings is 1. The topological polar surface area (TPSA) is 70.3 Å². The Morgan fingerprint density at radius 3 is 2.69 bits per heavy atom. The molecule has 5 heteroatoms. The van der Waals surface area contributed by atoms with Crippen molar-refractivity contribution in [2.24, 2.45) is 4.99 Å². The Hall–Kier alpha value is -1.67. The highest BCUT2D eigenvalue weighted by atomic mass is 32.2. The Kier molecular flexibility index (Phi) is 3.80. The molecular weight excluding hydrogens is 224 g/mol. The van der Waals surface area contributed by atoms with Crippen molar-refractivity contribution in [2.45, 2.75) is 11.3 Å². The lowest BCUT2D eigenvalue weighted by Gasteiger charge is -2.05. The van der Waals surface area contributed by atoms with Crippen molar-refractivity contribution in [3.63, 3.8) is 0 Å². The van der Waals surface area contributed by atoms with Crippen molar-refractivity contribution < 1.29 is 8.42 Å². The molecular formula is C11H12N2O2S. The van der Waals surface area contributed by atoms with E-state index >= 15 is 0 Å². The van der Waals surface area contributed by atoms with E-state index in [-0.39, 0.29) is 4.90 Å². The first-order valence-corrected chi connectivity index (χ1v) is 6.52. The third kappa shape index (κ3) is 2.91. The van der Waals surface area contributed by atoms with E-state index < -0.39 is 9.84 Å². The van der Waals surface area contributed by atoms with Crippen molar-refractivity contribution in [1.29, 1.82) is 5.26 Å². The molecule has 0 fully saturated rings. The first kappa shape index (κ1) is 12.4. The van der Waals surface area contributed by atoms with Gasteiger partial charge in [0, 0.05) is 25.9 Å². The third-order valence-electron chi connectivity index (χ3n) is 2.09. The van der Waals surface area contributed by atoms with Crippen LogP contribution >= 0.6 is 0 Å². The van der Waals surface area contributed by atoms with Gasteiger partial charge in [-0.05, 0) is 17.7 Å². The van der Waals surface area contributed by atoms with Gasteiger partial charge in [-0.2, -0.15) is 5.26 Å². The number of nitriles is 1. The van der Waals surface area contributed by atoms with Crippen molar-refractivity contribution >= 4 is 16.1 Å². The molecule has 0 aromatic heterocycles. The smallest absolute Gasteiger partial charge is 0.175 e. The van der Waals surface area contributed by atoms with E-state index in [2.05, 4.69) is 4.99 Å². The number of hydrogen-bond donors (Lipinski definition) is 0. The monoisotopic (exact) mass is 236 g/mol. The van der Waals surface area contributed by atoms with Gasteiger partial charge in [0.05, 0.1) is 16.5 Å². The minimum atomic E-state index is -3.31. The second-order valence-electron chi connectivity index (χ2n) is 3.35. The number of aliphatic imine (C=N–C) groups is 1. The molecule has 0 bridgehead atoms. The molecule has 4 nitrogen and oxygen atoms in total. The van der Waals surface area contributed by atoms with Crippen molar-refractivity contribution in [3.8, 4) is 6.07 Å². The van der Waals surface area contributed by atoms with Gasteiger partial charge in [0.2, 0.25) is 0 Å². The zero-order valence-electron chi connectivity index (χ0n) is 9.14. The molecule has 0 N–H and O–H groups in total. The standard InChI is InChI=1S/C11H12N2O2S/c1-13-6-5-10-4-3-9(8-12)7-11(10)16(2,14)15/h3-4,6-7H,5H2,1-2H3. The molecule has 0 aliphatic rings. The summed E-state index contributed by atoms with van der Waals surface area (Å²) >= 11 is 0. The minimum absolute atomic E-state index is 0.200. The molecule has 0 unspecified atom stereocenters. The molecule has 0 amide bonds. The molecule has 0 aliphatic heterocycles. The SMILES string of the molecule is CN=CCc1ccc(C#N)cc1S(C)(=O)=O. The maximum absolute atomic E-state index is 11.5. The van der Waals surface area contributed by atoms with Crippen LogP contribution in [0.1, 0.15) is 11.1 Å². The van der Waals surface area contributed by atoms with Crippen LogP contribution in [0.15, 0.2) is 28.1 Å². The average Bonchev–Trinajstić information content (AvgIpc) is 2.25. The summed E-state index contributed by atoms with van der Waals surface area (Å²) in [5, 5.41) is 8.72. The Bertz CT molecular complexity index is 554. The van der Waals surface area contributed by atoms with Crippen LogP contribution in [-0.2, 0) is 16.3 Å². The summed E-state index contributed by atoms with van der Waals surface area (Å²) < 4.78 is 23.1.